The molecule has 1 aliphatic rings. The molecule has 1 unspecified atom stereocenters. The Hall–Kier alpha value is -1.06. The van der Waals surface area contributed by atoms with E-state index in [1.165, 1.54) is 0 Å². The average molecular weight is 212 g/mol. The summed E-state index contributed by atoms with van der Waals surface area (Å²) in [5, 5.41) is 2.88. The van der Waals surface area contributed by atoms with Crippen LogP contribution < -0.4 is 5.32 Å². The molecule has 1 atom stereocenters. The van der Waals surface area contributed by atoms with Gasteiger partial charge in [0.1, 0.15) is 11.6 Å². The molecule has 0 aromatic carbocycles. The summed E-state index contributed by atoms with van der Waals surface area (Å²) in [6.07, 6.45) is 1.96. The van der Waals surface area contributed by atoms with Crippen LogP contribution in [0.25, 0.3) is 0 Å². The predicted octanol–water partition coefficient (Wildman–Crippen LogP) is 0.912. The molecule has 0 aromatic rings. The van der Waals surface area contributed by atoms with Crippen LogP contribution in [0.4, 0.5) is 0 Å². The number of hydrogen-bond donors (Lipinski definition) is 1. The second-order valence-corrected chi connectivity index (χ2v) is 4.12. The van der Waals surface area contributed by atoms with E-state index in [9.17, 15) is 9.59 Å². The van der Waals surface area contributed by atoms with Gasteiger partial charge in [-0.15, -0.1) is 0 Å². The quantitative estimate of drug-likeness (QED) is 0.756. The summed E-state index contributed by atoms with van der Waals surface area (Å²) in [5.41, 5.74) is -0.669. The first-order chi connectivity index (χ1) is 7.02. The lowest BCUT2D eigenvalue weighted by atomic mass is 9.87. The average Bonchev–Trinajstić information content (AvgIpc) is 2.24. The van der Waals surface area contributed by atoms with Crippen LogP contribution in [0.5, 0.6) is 0 Å². The SMILES string of the molecule is CCC1C(=O)NC(CC)(CC)C(=O)N1C. The van der Waals surface area contributed by atoms with Gasteiger partial charge in [0.05, 0.1) is 0 Å². The molecule has 4 heteroatoms. The highest BCUT2D eigenvalue weighted by atomic mass is 16.2. The lowest BCUT2D eigenvalue weighted by Crippen LogP contribution is -2.68. The van der Waals surface area contributed by atoms with Crippen molar-refractivity contribution in [2.75, 3.05) is 7.05 Å². The van der Waals surface area contributed by atoms with Gasteiger partial charge in [-0.1, -0.05) is 20.8 Å². The summed E-state index contributed by atoms with van der Waals surface area (Å²) >= 11 is 0. The van der Waals surface area contributed by atoms with Crippen molar-refractivity contribution >= 4 is 11.8 Å². The zero-order chi connectivity index (χ0) is 11.6. The first-order valence-electron chi connectivity index (χ1n) is 5.61. The van der Waals surface area contributed by atoms with Crippen molar-refractivity contribution in [3.05, 3.63) is 0 Å². The van der Waals surface area contributed by atoms with Crippen molar-refractivity contribution in [3.63, 3.8) is 0 Å². The van der Waals surface area contributed by atoms with E-state index in [2.05, 4.69) is 5.32 Å². The Morgan fingerprint density at radius 2 is 1.80 bits per heavy atom. The van der Waals surface area contributed by atoms with Crippen LogP contribution in [0, 0.1) is 0 Å². The van der Waals surface area contributed by atoms with E-state index in [1.54, 1.807) is 11.9 Å². The normalized spacial score (nSPS) is 25.3. The fourth-order valence-electron chi connectivity index (χ4n) is 2.22. The van der Waals surface area contributed by atoms with Crippen molar-refractivity contribution < 1.29 is 9.59 Å². The van der Waals surface area contributed by atoms with Crippen LogP contribution in [0.1, 0.15) is 40.0 Å². The van der Waals surface area contributed by atoms with Crippen LogP contribution in [0.2, 0.25) is 0 Å². The summed E-state index contributed by atoms with van der Waals surface area (Å²) in [6, 6.07) is -0.302. The van der Waals surface area contributed by atoms with Crippen LogP contribution >= 0.6 is 0 Å². The van der Waals surface area contributed by atoms with Gasteiger partial charge < -0.3 is 10.2 Å². The number of likely N-dealkylation sites (N-methyl/N-ethyl adjacent to an activating group) is 1. The predicted molar refractivity (Wildman–Crippen MR) is 58.3 cm³/mol. The number of amides is 2. The van der Waals surface area contributed by atoms with Gasteiger partial charge >= 0.3 is 0 Å². The minimum atomic E-state index is -0.669. The molecule has 1 N–H and O–H groups in total. The van der Waals surface area contributed by atoms with E-state index >= 15 is 0 Å². The maximum Gasteiger partial charge on any atom is 0.248 e. The van der Waals surface area contributed by atoms with Gasteiger partial charge in [-0.25, -0.2) is 0 Å². The fraction of sp³-hybridized carbons (Fsp3) is 0.818. The highest BCUT2D eigenvalue weighted by Gasteiger charge is 2.46. The number of hydrogen-bond acceptors (Lipinski definition) is 2. The number of carbonyl (C=O) groups is 2. The molecule has 0 bridgehead atoms. The first-order valence-corrected chi connectivity index (χ1v) is 5.61. The van der Waals surface area contributed by atoms with E-state index in [-0.39, 0.29) is 17.9 Å². The van der Waals surface area contributed by atoms with E-state index in [4.69, 9.17) is 0 Å². The Bertz CT molecular complexity index is 272. The van der Waals surface area contributed by atoms with Crippen molar-refractivity contribution in [2.45, 2.75) is 51.6 Å². The van der Waals surface area contributed by atoms with Crippen LogP contribution in [-0.4, -0.2) is 35.3 Å². The third kappa shape index (κ3) is 1.73. The largest absolute Gasteiger partial charge is 0.340 e. The van der Waals surface area contributed by atoms with Crippen molar-refractivity contribution in [1.29, 1.82) is 0 Å². The lowest BCUT2D eigenvalue weighted by Gasteiger charge is -2.43. The monoisotopic (exact) mass is 212 g/mol. The molecule has 1 rings (SSSR count). The summed E-state index contributed by atoms with van der Waals surface area (Å²) in [4.78, 5) is 25.5. The van der Waals surface area contributed by atoms with Gasteiger partial charge in [0.15, 0.2) is 0 Å². The van der Waals surface area contributed by atoms with E-state index in [0.29, 0.717) is 19.3 Å². The molecule has 4 nitrogen and oxygen atoms in total. The van der Waals surface area contributed by atoms with Crippen LogP contribution in [0.3, 0.4) is 0 Å². The summed E-state index contributed by atoms with van der Waals surface area (Å²) in [7, 11) is 1.72. The van der Waals surface area contributed by atoms with Gasteiger partial charge in [0.2, 0.25) is 11.8 Å². The smallest absolute Gasteiger partial charge is 0.248 e. The van der Waals surface area contributed by atoms with E-state index in [1.807, 2.05) is 20.8 Å². The van der Waals surface area contributed by atoms with Gasteiger partial charge in [-0.3, -0.25) is 9.59 Å². The standard InChI is InChI=1S/C11H20N2O2/c1-5-8-9(14)12-11(6-2,7-3)10(15)13(8)4/h8H,5-7H2,1-4H3,(H,12,14). The Morgan fingerprint density at radius 1 is 1.27 bits per heavy atom. The highest BCUT2D eigenvalue weighted by molar-refractivity contribution is 5.99. The molecular formula is C11H20N2O2. The summed E-state index contributed by atoms with van der Waals surface area (Å²) in [5.74, 6) is 0.0160. The lowest BCUT2D eigenvalue weighted by molar-refractivity contribution is -0.153. The molecule has 2 amide bonds. The van der Waals surface area contributed by atoms with Gasteiger partial charge in [0.25, 0.3) is 0 Å². The summed E-state index contributed by atoms with van der Waals surface area (Å²) < 4.78 is 0. The number of carbonyl (C=O) groups excluding carboxylic acids is 2. The van der Waals surface area contributed by atoms with Crippen molar-refractivity contribution in [2.24, 2.45) is 0 Å². The second kappa shape index (κ2) is 4.21. The molecule has 86 valence electrons. The zero-order valence-electron chi connectivity index (χ0n) is 9.96. The van der Waals surface area contributed by atoms with Crippen molar-refractivity contribution in [3.8, 4) is 0 Å². The Kier molecular flexibility index (Phi) is 3.37. The molecule has 1 heterocycles. The fourth-order valence-corrected chi connectivity index (χ4v) is 2.22. The van der Waals surface area contributed by atoms with Gasteiger partial charge in [-0.2, -0.15) is 0 Å². The molecule has 0 radical (unpaired) electrons. The molecule has 15 heavy (non-hydrogen) atoms. The van der Waals surface area contributed by atoms with Crippen molar-refractivity contribution in [1.82, 2.24) is 10.2 Å². The maximum atomic E-state index is 12.1. The van der Waals surface area contributed by atoms with E-state index in [0.717, 1.165) is 0 Å². The second-order valence-electron chi connectivity index (χ2n) is 4.12. The molecule has 1 fully saturated rings. The maximum absolute atomic E-state index is 12.1. The number of nitrogens with one attached hydrogen (secondary N) is 1. The Morgan fingerprint density at radius 3 is 2.20 bits per heavy atom. The third-order valence-electron chi connectivity index (χ3n) is 3.46. The molecular weight excluding hydrogens is 192 g/mol. The molecule has 0 saturated carbocycles. The highest BCUT2D eigenvalue weighted by Crippen LogP contribution is 2.24. The zero-order valence-corrected chi connectivity index (χ0v) is 9.96. The topological polar surface area (TPSA) is 49.4 Å². The first kappa shape index (κ1) is 12.0. The minimum Gasteiger partial charge on any atom is -0.340 e. The minimum absolute atomic E-state index is 0.0247. The van der Waals surface area contributed by atoms with Crippen LogP contribution in [-0.2, 0) is 9.59 Å². The molecule has 0 aliphatic carbocycles. The number of nitrogens with zero attached hydrogens (tertiary/aromatic N) is 1. The summed E-state index contributed by atoms with van der Waals surface area (Å²) in [6.45, 7) is 5.78. The van der Waals surface area contributed by atoms with Gasteiger partial charge in [-0.05, 0) is 19.3 Å². The van der Waals surface area contributed by atoms with Gasteiger partial charge in [0, 0.05) is 7.05 Å². The molecule has 0 spiro atoms. The molecule has 1 saturated heterocycles. The molecule has 0 aromatic heterocycles. The van der Waals surface area contributed by atoms with E-state index < -0.39 is 5.54 Å². The third-order valence-corrected chi connectivity index (χ3v) is 3.46. The molecule has 1 aliphatic heterocycles. The number of rotatable bonds is 3. The Labute approximate surface area is 91.0 Å². The Balaban J connectivity index is 3.00. The number of piperazine rings is 1. The van der Waals surface area contributed by atoms with Crippen LogP contribution in [0.15, 0.2) is 0 Å².